The van der Waals surface area contributed by atoms with Crippen LogP contribution in [0.15, 0.2) is 18.2 Å². The van der Waals surface area contributed by atoms with E-state index >= 15 is 0 Å². The van der Waals surface area contributed by atoms with Crippen LogP contribution in [0.3, 0.4) is 0 Å². The van der Waals surface area contributed by atoms with Gasteiger partial charge in [0.05, 0.1) is 6.61 Å². The van der Waals surface area contributed by atoms with E-state index in [9.17, 15) is 23.2 Å². The predicted molar refractivity (Wildman–Crippen MR) is 99.0 cm³/mol. The Morgan fingerprint density at radius 3 is 2.57 bits per heavy atom. The second kappa shape index (κ2) is 9.56. The van der Waals surface area contributed by atoms with Gasteiger partial charge >= 0.3 is 0 Å². The van der Waals surface area contributed by atoms with Crippen molar-refractivity contribution in [2.75, 3.05) is 36.5 Å². The molecule has 1 saturated heterocycles. The summed E-state index contributed by atoms with van der Waals surface area (Å²) in [6.07, 6.45) is -2.88. The van der Waals surface area contributed by atoms with Gasteiger partial charge in [-0.05, 0) is 18.2 Å². The first kappa shape index (κ1) is 21.7. The van der Waals surface area contributed by atoms with Crippen molar-refractivity contribution in [3.63, 3.8) is 0 Å². The summed E-state index contributed by atoms with van der Waals surface area (Å²) >= 11 is 0. The van der Waals surface area contributed by atoms with Crippen LogP contribution in [-0.4, -0.2) is 50.1 Å². The summed E-state index contributed by atoms with van der Waals surface area (Å²) < 4.78 is 32.1. The normalized spacial score (nSPS) is 15.7. The molecule has 2 rings (SSSR count). The van der Waals surface area contributed by atoms with E-state index in [0.717, 1.165) is 6.07 Å². The lowest BCUT2D eigenvalue weighted by atomic mass is 10.1. The minimum atomic E-state index is -2.88. The first-order chi connectivity index (χ1) is 13.2. The number of hydrogen-bond donors (Lipinski definition) is 3. The number of alkyl halides is 2. The van der Waals surface area contributed by atoms with Crippen molar-refractivity contribution in [2.24, 2.45) is 11.7 Å². The van der Waals surface area contributed by atoms with Gasteiger partial charge in [-0.1, -0.05) is 13.8 Å². The van der Waals surface area contributed by atoms with Crippen LogP contribution in [0, 0.1) is 5.92 Å². The third kappa shape index (κ3) is 5.23. The molecule has 4 N–H and O–H groups in total. The molecule has 0 radical (unpaired) electrons. The SMILES string of the molecule is CC(C)C(=O)N[C@H](CN)C(=O)Nc1ccc(N2CCOCC2=O)cc1C(F)F. The molecule has 3 amide bonds. The van der Waals surface area contributed by atoms with Gasteiger partial charge in [-0.15, -0.1) is 0 Å². The molecule has 0 saturated carbocycles. The Morgan fingerprint density at radius 2 is 2.00 bits per heavy atom. The monoisotopic (exact) mass is 398 g/mol. The van der Waals surface area contributed by atoms with Crippen molar-refractivity contribution in [1.82, 2.24) is 5.32 Å². The highest BCUT2D eigenvalue weighted by molar-refractivity contribution is 5.99. The molecule has 154 valence electrons. The average Bonchev–Trinajstić information content (AvgIpc) is 2.66. The number of halogens is 2. The van der Waals surface area contributed by atoms with Crippen LogP contribution < -0.4 is 21.3 Å². The highest BCUT2D eigenvalue weighted by Crippen LogP contribution is 2.32. The van der Waals surface area contributed by atoms with Crippen molar-refractivity contribution in [3.05, 3.63) is 23.8 Å². The summed E-state index contributed by atoms with van der Waals surface area (Å²) in [6, 6.07) is 2.87. The molecule has 0 aliphatic carbocycles. The van der Waals surface area contributed by atoms with E-state index in [2.05, 4.69) is 10.6 Å². The quantitative estimate of drug-likeness (QED) is 0.635. The van der Waals surface area contributed by atoms with E-state index in [1.54, 1.807) is 13.8 Å². The summed E-state index contributed by atoms with van der Waals surface area (Å²) in [4.78, 5) is 37.4. The van der Waals surface area contributed by atoms with Gasteiger partial charge in [-0.2, -0.15) is 0 Å². The highest BCUT2D eigenvalue weighted by atomic mass is 19.3. The zero-order valence-electron chi connectivity index (χ0n) is 15.7. The Morgan fingerprint density at radius 1 is 1.29 bits per heavy atom. The summed E-state index contributed by atoms with van der Waals surface area (Å²) in [7, 11) is 0. The van der Waals surface area contributed by atoms with E-state index < -0.39 is 23.9 Å². The van der Waals surface area contributed by atoms with E-state index in [1.807, 2.05) is 0 Å². The largest absolute Gasteiger partial charge is 0.370 e. The van der Waals surface area contributed by atoms with Crippen LogP contribution in [0.5, 0.6) is 0 Å². The Bertz CT molecular complexity index is 742. The molecule has 0 spiro atoms. The lowest BCUT2D eigenvalue weighted by molar-refractivity contribution is -0.128. The van der Waals surface area contributed by atoms with Crippen LogP contribution in [0.2, 0.25) is 0 Å². The molecule has 28 heavy (non-hydrogen) atoms. The number of anilines is 2. The first-order valence-electron chi connectivity index (χ1n) is 8.86. The molecule has 1 atom stereocenters. The Labute approximate surface area is 161 Å². The third-order valence-corrected chi connectivity index (χ3v) is 4.22. The zero-order valence-corrected chi connectivity index (χ0v) is 15.7. The zero-order chi connectivity index (χ0) is 20.8. The summed E-state index contributed by atoms with van der Waals surface area (Å²) in [5.41, 5.74) is 5.28. The van der Waals surface area contributed by atoms with Crippen molar-refractivity contribution < 1.29 is 27.9 Å². The molecular formula is C18H24F2N4O4. The predicted octanol–water partition coefficient (Wildman–Crippen LogP) is 1.03. The first-order valence-corrected chi connectivity index (χ1v) is 8.86. The smallest absolute Gasteiger partial charge is 0.265 e. The molecule has 10 heteroatoms. The van der Waals surface area contributed by atoms with E-state index in [1.165, 1.54) is 17.0 Å². The maximum Gasteiger partial charge on any atom is 0.265 e. The molecule has 1 aliphatic rings. The number of hydrogen-bond acceptors (Lipinski definition) is 5. The Hall–Kier alpha value is -2.59. The molecule has 1 aromatic rings. The van der Waals surface area contributed by atoms with Gasteiger partial charge in [-0.25, -0.2) is 8.78 Å². The number of morpholine rings is 1. The Balaban J connectivity index is 2.21. The second-order valence-corrected chi connectivity index (χ2v) is 6.61. The van der Waals surface area contributed by atoms with Crippen molar-refractivity contribution >= 4 is 29.1 Å². The number of amides is 3. The van der Waals surface area contributed by atoms with E-state index in [0.29, 0.717) is 12.3 Å². The number of ether oxygens (including phenoxy) is 1. The number of carbonyl (C=O) groups is 3. The lowest BCUT2D eigenvalue weighted by Crippen LogP contribution is -2.49. The van der Waals surface area contributed by atoms with Gasteiger partial charge in [-0.3, -0.25) is 14.4 Å². The molecule has 1 aromatic carbocycles. The molecule has 0 unspecified atom stereocenters. The number of nitrogens with zero attached hydrogens (tertiary/aromatic N) is 1. The number of rotatable bonds is 7. The van der Waals surface area contributed by atoms with E-state index in [4.69, 9.17) is 10.5 Å². The van der Waals surface area contributed by atoms with Crippen molar-refractivity contribution in [2.45, 2.75) is 26.3 Å². The van der Waals surface area contributed by atoms with Crippen LogP contribution in [-0.2, 0) is 19.1 Å². The molecule has 0 bridgehead atoms. The molecule has 1 fully saturated rings. The van der Waals surface area contributed by atoms with Gasteiger partial charge < -0.3 is 26.0 Å². The van der Waals surface area contributed by atoms with Gasteiger partial charge in [0.2, 0.25) is 11.8 Å². The van der Waals surface area contributed by atoms with Crippen molar-refractivity contribution in [3.8, 4) is 0 Å². The maximum absolute atomic E-state index is 13.5. The van der Waals surface area contributed by atoms with Gasteiger partial charge in [0.15, 0.2) is 0 Å². The molecule has 1 heterocycles. The molecule has 1 aliphatic heterocycles. The highest BCUT2D eigenvalue weighted by Gasteiger charge is 2.25. The minimum Gasteiger partial charge on any atom is -0.370 e. The number of nitrogens with two attached hydrogens (primary N) is 1. The number of benzene rings is 1. The number of nitrogens with one attached hydrogen (secondary N) is 2. The molecular weight excluding hydrogens is 374 g/mol. The van der Waals surface area contributed by atoms with Crippen LogP contribution in [0.1, 0.15) is 25.8 Å². The van der Waals surface area contributed by atoms with Crippen molar-refractivity contribution in [1.29, 1.82) is 0 Å². The van der Waals surface area contributed by atoms with Crippen LogP contribution in [0.4, 0.5) is 20.2 Å². The van der Waals surface area contributed by atoms with Gasteiger partial charge in [0.1, 0.15) is 12.6 Å². The van der Waals surface area contributed by atoms with Gasteiger partial charge in [0, 0.05) is 35.9 Å². The second-order valence-electron chi connectivity index (χ2n) is 6.61. The fourth-order valence-electron chi connectivity index (χ4n) is 2.59. The van der Waals surface area contributed by atoms with Crippen LogP contribution >= 0.6 is 0 Å². The Kier molecular flexibility index (Phi) is 7.41. The summed E-state index contributed by atoms with van der Waals surface area (Å²) in [5, 5.41) is 4.86. The standard InChI is InChI=1S/C18H24F2N4O4/c1-10(2)17(26)23-14(8-21)18(27)22-13-4-3-11(7-12(13)16(19)20)24-5-6-28-9-15(24)25/h3-4,7,10,14,16H,5-6,8-9,21H2,1-2H3,(H,22,27)(H,23,26)/t14-/m1/s1. The minimum absolute atomic E-state index is 0.110. The maximum atomic E-state index is 13.5. The van der Waals surface area contributed by atoms with Gasteiger partial charge in [0.25, 0.3) is 12.3 Å². The topological polar surface area (TPSA) is 114 Å². The summed E-state index contributed by atoms with van der Waals surface area (Å²) in [6.45, 7) is 3.57. The summed E-state index contributed by atoms with van der Waals surface area (Å²) in [5.74, 6) is -1.76. The average molecular weight is 398 g/mol. The fourth-order valence-corrected chi connectivity index (χ4v) is 2.59. The van der Waals surface area contributed by atoms with Crippen LogP contribution in [0.25, 0.3) is 0 Å². The molecule has 0 aromatic heterocycles. The van der Waals surface area contributed by atoms with E-state index in [-0.39, 0.29) is 43.1 Å². The lowest BCUT2D eigenvalue weighted by Gasteiger charge is -2.27. The fraction of sp³-hybridized carbons (Fsp3) is 0.500. The third-order valence-electron chi connectivity index (χ3n) is 4.22. The number of carbonyl (C=O) groups excluding carboxylic acids is 3. The molecule has 8 nitrogen and oxygen atoms in total.